The Bertz CT molecular complexity index is 1560. The van der Waals surface area contributed by atoms with Gasteiger partial charge in [0.1, 0.15) is 28.9 Å². The number of aliphatic hydroxyl groups is 3. The molecule has 2 saturated carbocycles. The summed E-state index contributed by atoms with van der Waals surface area (Å²) in [7, 11) is 3.07. The van der Waals surface area contributed by atoms with Gasteiger partial charge in [0.25, 0.3) is 5.91 Å². The van der Waals surface area contributed by atoms with Gasteiger partial charge in [0.05, 0.1) is 36.9 Å². The Morgan fingerprint density at radius 3 is 2.40 bits per heavy atom. The molecule has 1 saturated heterocycles. The number of carbonyl (C=O) groups is 4. The van der Waals surface area contributed by atoms with E-state index in [0.717, 1.165) is 51.6 Å². The predicted octanol–water partition coefficient (Wildman–Crippen LogP) is 2.08. The zero-order chi connectivity index (χ0) is 34.5. The number of aromatic hydroxyl groups is 1. The second-order valence-electron chi connectivity index (χ2n) is 13.8. The number of benzene rings is 1. The van der Waals surface area contributed by atoms with Crippen molar-refractivity contribution in [1.29, 1.82) is 0 Å². The number of rotatable bonds is 9. The summed E-state index contributed by atoms with van der Waals surface area (Å²) in [5.74, 6) is -9.28. The monoisotopic (exact) mass is 667 g/mol. The van der Waals surface area contributed by atoms with Crippen LogP contribution in [0.1, 0.15) is 68.9 Å². The molecule has 4 aliphatic carbocycles. The Labute approximate surface area is 279 Å². The van der Waals surface area contributed by atoms with Crippen molar-refractivity contribution < 1.29 is 49.1 Å². The number of Topliss-reactive ketones (excluding diaryl/α,β-unsaturated/α-hetero) is 2. The molecule has 0 radical (unpaired) electrons. The number of nitrogens with zero attached hydrogens (tertiary/aromatic N) is 2. The minimum absolute atomic E-state index is 0.0216. The van der Waals surface area contributed by atoms with E-state index >= 15 is 0 Å². The van der Waals surface area contributed by atoms with Gasteiger partial charge in [-0.15, -0.1) is 0 Å². The topological polar surface area (TPSA) is 186 Å². The molecule has 48 heavy (non-hydrogen) atoms. The van der Waals surface area contributed by atoms with E-state index in [1.807, 2.05) is 4.90 Å². The lowest BCUT2D eigenvalue weighted by atomic mass is 9.54. The lowest BCUT2D eigenvalue weighted by Gasteiger charge is -2.54. The summed E-state index contributed by atoms with van der Waals surface area (Å²) in [5, 5.41) is 49.6. The summed E-state index contributed by atoms with van der Waals surface area (Å²) in [6.45, 7) is 3.16. The fraction of sp³-hybridized carbons (Fsp3) is 0.600. The standard InChI is InChI=1S/C35H45N3O10/c1-4-22(40)48-31-24-20(16-47-18-10-5-6-11-18)19-12-9-13-21(39)23(19)29(41)25(24)32(43)35(46)27(31)28(37(2)3)30(42)26(33(35)44)34(45)36-17-38-14-7-8-15-38/h9,12-13,18,20,24,27-28,31,39,41,44,46H,4-8,10-11,14-17H2,1-3H3,(H,36,45)/t20-,24+,27+,28?,31-,35-/m0/s1. The Morgan fingerprint density at radius 2 is 1.75 bits per heavy atom. The number of aliphatic hydroxyl groups excluding tert-OH is 2. The van der Waals surface area contributed by atoms with E-state index in [0.29, 0.717) is 5.56 Å². The van der Waals surface area contributed by atoms with E-state index in [9.17, 15) is 39.6 Å². The van der Waals surface area contributed by atoms with Gasteiger partial charge in [-0.25, -0.2) is 0 Å². The molecule has 5 aliphatic rings. The van der Waals surface area contributed by atoms with Crippen molar-refractivity contribution in [3.63, 3.8) is 0 Å². The number of amides is 1. The molecule has 0 spiro atoms. The number of ether oxygens (including phenoxy) is 2. The summed E-state index contributed by atoms with van der Waals surface area (Å²) < 4.78 is 12.4. The molecule has 5 N–H and O–H groups in total. The number of phenols is 1. The zero-order valence-corrected chi connectivity index (χ0v) is 27.6. The van der Waals surface area contributed by atoms with Gasteiger partial charge in [-0.3, -0.25) is 29.0 Å². The van der Waals surface area contributed by atoms with Crippen LogP contribution in [0, 0.1) is 11.8 Å². The maximum Gasteiger partial charge on any atom is 0.305 e. The Balaban J connectivity index is 1.54. The summed E-state index contributed by atoms with van der Waals surface area (Å²) in [4.78, 5) is 59.1. The quantitative estimate of drug-likeness (QED) is 0.191. The van der Waals surface area contributed by atoms with Gasteiger partial charge < -0.3 is 35.2 Å². The molecule has 6 rings (SSSR count). The zero-order valence-electron chi connectivity index (χ0n) is 27.6. The Morgan fingerprint density at radius 1 is 1.06 bits per heavy atom. The normalized spacial score (nSPS) is 30.8. The number of hydrogen-bond acceptors (Lipinski definition) is 12. The summed E-state index contributed by atoms with van der Waals surface area (Å²) in [6, 6.07) is 3.23. The third-order valence-corrected chi connectivity index (χ3v) is 10.8. The number of likely N-dealkylation sites (tertiary alicyclic amines) is 1. The smallest absolute Gasteiger partial charge is 0.305 e. The van der Waals surface area contributed by atoms with E-state index in [1.165, 1.54) is 25.1 Å². The molecule has 13 nitrogen and oxygen atoms in total. The van der Waals surface area contributed by atoms with Gasteiger partial charge in [0, 0.05) is 23.8 Å². The number of ketones is 2. The SMILES string of the molecule is CCC(=O)O[C@H]1[C@H]2C(=C(O)c3c(O)cccc3[C@@H]2COC2CCCC2)C(=O)[C@]2(O)C(O)=C(C(=O)NCN3CCCC3)C(=O)C(N(C)C)[C@H]12. The van der Waals surface area contributed by atoms with Crippen LogP contribution in [0.3, 0.4) is 0 Å². The van der Waals surface area contributed by atoms with Crippen molar-refractivity contribution in [2.45, 2.75) is 81.6 Å². The van der Waals surface area contributed by atoms with Crippen LogP contribution in [0.2, 0.25) is 0 Å². The first kappa shape index (κ1) is 34.1. The molecule has 1 heterocycles. The molecule has 1 aromatic rings. The van der Waals surface area contributed by atoms with Crippen LogP contribution in [-0.2, 0) is 28.7 Å². The second kappa shape index (κ2) is 13.3. The molecule has 6 atom stereocenters. The fourth-order valence-electron chi connectivity index (χ4n) is 8.43. The third-order valence-electron chi connectivity index (χ3n) is 10.8. The highest BCUT2D eigenvalue weighted by Crippen LogP contribution is 2.57. The Hall–Kier alpha value is -3.78. The van der Waals surface area contributed by atoms with Crippen molar-refractivity contribution in [2.24, 2.45) is 11.8 Å². The van der Waals surface area contributed by atoms with Crippen molar-refractivity contribution in [2.75, 3.05) is 40.5 Å². The molecule has 0 aromatic heterocycles. The molecule has 1 aromatic carbocycles. The van der Waals surface area contributed by atoms with Gasteiger partial charge in [-0.2, -0.15) is 0 Å². The molecular formula is C35H45N3O10. The summed E-state index contributed by atoms with van der Waals surface area (Å²) in [5.41, 5.74) is -3.71. The predicted molar refractivity (Wildman–Crippen MR) is 172 cm³/mol. The molecule has 3 fully saturated rings. The van der Waals surface area contributed by atoms with E-state index < -0.39 is 76.0 Å². The van der Waals surface area contributed by atoms with Gasteiger partial charge in [-0.05, 0) is 64.5 Å². The summed E-state index contributed by atoms with van der Waals surface area (Å²) in [6.07, 6.45) is 3.99. The van der Waals surface area contributed by atoms with Crippen LogP contribution < -0.4 is 5.32 Å². The number of fused-ring (bicyclic) bond motifs is 3. The maximum absolute atomic E-state index is 14.8. The highest BCUT2D eigenvalue weighted by atomic mass is 16.5. The fourth-order valence-corrected chi connectivity index (χ4v) is 8.43. The van der Waals surface area contributed by atoms with Gasteiger partial charge in [0.2, 0.25) is 5.78 Å². The number of nitrogens with one attached hydrogen (secondary N) is 1. The van der Waals surface area contributed by atoms with Crippen molar-refractivity contribution in [3.8, 4) is 5.75 Å². The molecular weight excluding hydrogens is 622 g/mol. The summed E-state index contributed by atoms with van der Waals surface area (Å²) >= 11 is 0. The average molecular weight is 668 g/mol. The second-order valence-corrected chi connectivity index (χ2v) is 13.8. The van der Waals surface area contributed by atoms with E-state index in [1.54, 1.807) is 19.1 Å². The van der Waals surface area contributed by atoms with E-state index in [2.05, 4.69) is 5.32 Å². The largest absolute Gasteiger partial charge is 0.508 e. The number of phenolic OH excluding ortho intramolecular Hbond substituents is 1. The van der Waals surface area contributed by atoms with Crippen LogP contribution in [0.4, 0.5) is 0 Å². The van der Waals surface area contributed by atoms with Crippen LogP contribution in [-0.4, -0.2) is 118 Å². The average Bonchev–Trinajstić information content (AvgIpc) is 3.78. The third kappa shape index (κ3) is 5.50. The van der Waals surface area contributed by atoms with Gasteiger partial charge >= 0.3 is 5.97 Å². The van der Waals surface area contributed by atoms with E-state index in [-0.39, 0.29) is 42.7 Å². The first-order valence-corrected chi connectivity index (χ1v) is 16.9. The lowest BCUT2D eigenvalue weighted by molar-refractivity contribution is -0.186. The van der Waals surface area contributed by atoms with Crippen molar-refractivity contribution in [1.82, 2.24) is 15.1 Å². The number of likely N-dealkylation sites (N-methyl/N-ethyl adjacent to an activating group) is 1. The first-order valence-electron chi connectivity index (χ1n) is 16.9. The molecule has 1 amide bonds. The highest BCUT2D eigenvalue weighted by Gasteiger charge is 2.70. The van der Waals surface area contributed by atoms with Crippen LogP contribution in [0.5, 0.6) is 5.75 Å². The van der Waals surface area contributed by atoms with Crippen LogP contribution in [0.25, 0.3) is 5.76 Å². The molecule has 1 unspecified atom stereocenters. The van der Waals surface area contributed by atoms with Crippen molar-refractivity contribution in [3.05, 3.63) is 46.2 Å². The minimum atomic E-state index is -2.96. The number of carbonyl (C=O) groups excluding carboxylic acids is 4. The van der Waals surface area contributed by atoms with Crippen molar-refractivity contribution >= 4 is 29.2 Å². The molecule has 260 valence electrons. The van der Waals surface area contributed by atoms with Gasteiger partial charge in [0.15, 0.2) is 11.4 Å². The molecule has 13 heteroatoms. The van der Waals surface area contributed by atoms with Crippen LogP contribution >= 0.6 is 0 Å². The molecule has 0 bridgehead atoms. The Kier molecular flexibility index (Phi) is 9.42. The highest BCUT2D eigenvalue weighted by molar-refractivity contribution is 6.25. The molecule has 1 aliphatic heterocycles. The van der Waals surface area contributed by atoms with Gasteiger partial charge in [-0.1, -0.05) is 31.9 Å². The van der Waals surface area contributed by atoms with E-state index in [4.69, 9.17) is 9.47 Å². The lowest BCUT2D eigenvalue weighted by Crippen LogP contribution is -2.71. The maximum atomic E-state index is 14.8. The number of hydrogen-bond donors (Lipinski definition) is 5. The number of esters is 1. The first-order chi connectivity index (χ1) is 22.9. The van der Waals surface area contributed by atoms with Crippen LogP contribution in [0.15, 0.2) is 35.1 Å². The minimum Gasteiger partial charge on any atom is -0.508 e.